The number of rotatable bonds is 6. The van der Waals surface area contributed by atoms with Crippen LogP contribution in [0.1, 0.15) is 11.7 Å². The number of likely N-dealkylation sites (N-methyl/N-ethyl adjacent to an activating group) is 1. The highest BCUT2D eigenvalue weighted by Gasteiger charge is 2.45. The molecule has 1 aliphatic rings. The molecule has 0 aromatic heterocycles. The quantitative estimate of drug-likeness (QED) is 0.391. The Balaban J connectivity index is 2.14. The second-order valence-electron chi connectivity index (χ2n) is 5.27. The molecule has 128 valence electrons. The van der Waals surface area contributed by atoms with Gasteiger partial charge in [0.25, 0.3) is 0 Å². The molecule has 0 amide bonds. The Morgan fingerprint density at radius 2 is 1.87 bits per heavy atom. The van der Waals surface area contributed by atoms with Crippen LogP contribution >= 0.6 is 0 Å². The molecule has 6 atom stereocenters. The SMILES string of the molecule is CNC1OC(C(O)C(O)C(O)CO)C(=O)OC1c1ccccc1. The third-order valence-corrected chi connectivity index (χ3v) is 3.70. The third kappa shape index (κ3) is 3.86. The number of carbonyl (C=O) groups excluding carboxylic acids is 1. The first kappa shape index (κ1) is 17.8. The minimum absolute atomic E-state index is 0.711. The summed E-state index contributed by atoms with van der Waals surface area (Å²) in [4.78, 5) is 12.1. The molecule has 1 aromatic rings. The van der Waals surface area contributed by atoms with Gasteiger partial charge in [-0.3, -0.25) is 5.32 Å². The van der Waals surface area contributed by atoms with E-state index in [4.69, 9.17) is 14.6 Å². The Labute approximate surface area is 133 Å². The summed E-state index contributed by atoms with van der Waals surface area (Å²) in [7, 11) is 1.60. The van der Waals surface area contributed by atoms with Crippen molar-refractivity contribution >= 4 is 5.97 Å². The Kier molecular flexibility index (Phi) is 6.05. The summed E-state index contributed by atoms with van der Waals surface area (Å²) >= 11 is 0. The van der Waals surface area contributed by atoms with Gasteiger partial charge in [-0.15, -0.1) is 0 Å². The van der Waals surface area contributed by atoms with Gasteiger partial charge in [0, 0.05) is 0 Å². The summed E-state index contributed by atoms with van der Waals surface area (Å²) in [5.41, 5.74) is 0.712. The lowest BCUT2D eigenvalue weighted by Gasteiger charge is -2.38. The van der Waals surface area contributed by atoms with E-state index in [0.717, 1.165) is 0 Å². The molecule has 1 aliphatic heterocycles. The van der Waals surface area contributed by atoms with Crippen LogP contribution in [0, 0.1) is 0 Å². The van der Waals surface area contributed by atoms with Crippen LogP contribution in [0.5, 0.6) is 0 Å². The molecule has 1 saturated heterocycles. The van der Waals surface area contributed by atoms with E-state index in [0.29, 0.717) is 5.56 Å². The van der Waals surface area contributed by atoms with Gasteiger partial charge in [-0.2, -0.15) is 0 Å². The molecule has 0 aliphatic carbocycles. The van der Waals surface area contributed by atoms with E-state index in [-0.39, 0.29) is 0 Å². The zero-order valence-electron chi connectivity index (χ0n) is 12.6. The van der Waals surface area contributed by atoms with Crippen molar-refractivity contribution in [2.45, 2.75) is 36.7 Å². The number of ether oxygens (including phenoxy) is 2. The average Bonchev–Trinajstić information content (AvgIpc) is 2.60. The predicted molar refractivity (Wildman–Crippen MR) is 78.1 cm³/mol. The van der Waals surface area contributed by atoms with Crippen LogP contribution in [0.4, 0.5) is 0 Å². The van der Waals surface area contributed by atoms with E-state index in [2.05, 4.69) is 5.32 Å². The van der Waals surface area contributed by atoms with Gasteiger partial charge in [0.2, 0.25) is 0 Å². The molecule has 2 rings (SSSR count). The number of carbonyl (C=O) groups is 1. The van der Waals surface area contributed by atoms with Gasteiger partial charge in [-0.25, -0.2) is 4.79 Å². The topological polar surface area (TPSA) is 128 Å². The molecular formula is C15H21NO7. The molecule has 1 aromatic carbocycles. The zero-order valence-corrected chi connectivity index (χ0v) is 12.6. The molecule has 1 fully saturated rings. The zero-order chi connectivity index (χ0) is 17.0. The van der Waals surface area contributed by atoms with Gasteiger partial charge in [-0.05, 0) is 12.6 Å². The molecule has 8 heteroatoms. The Morgan fingerprint density at radius 1 is 1.22 bits per heavy atom. The number of hydrogen-bond acceptors (Lipinski definition) is 8. The molecule has 5 N–H and O–H groups in total. The molecular weight excluding hydrogens is 306 g/mol. The van der Waals surface area contributed by atoms with Gasteiger partial charge in [0.1, 0.15) is 18.3 Å². The Morgan fingerprint density at radius 3 is 2.43 bits per heavy atom. The van der Waals surface area contributed by atoms with Crippen LogP contribution in [0.25, 0.3) is 0 Å². The number of esters is 1. The lowest BCUT2D eigenvalue weighted by atomic mass is 10.0. The summed E-state index contributed by atoms with van der Waals surface area (Å²) in [6.07, 6.45) is -8.02. The van der Waals surface area contributed by atoms with E-state index in [1.165, 1.54) is 0 Å². The van der Waals surface area contributed by atoms with Gasteiger partial charge in [0.05, 0.1) is 6.61 Å². The highest BCUT2D eigenvalue weighted by atomic mass is 16.6. The summed E-state index contributed by atoms with van der Waals surface area (Å²) in [5, 5.41) is 40.8. The van der Waals surface area contributed by atoms with Gasteiger partial charge < -0.3 is 29.9 Å². The summed E-state index contributed by atoms with van der Waals surface area (Å²) in [6, 6.07) is 8.94. The first-order valence-electron chi connectivity index (χ1n) is 7.22. The van der Waals surface area contributed by atoms with Crippen molar-refractivity contribution < 1.29 is 34.7 Å². The minimum Gasteiger partial charge on any atom is -0.451 e. The average molecular weight is 327 g/mol. The molecule has 0 radical (unpaired) electrons. The fourth-order valence-electron chi connectivity index (χ4n) is 2.38. The summed E-state index contributed by atoms with van der Waals surface area (Å²) in [6.45, 7) is -0.762. The fraction of sp³-hybridized carbons (Fsp3) is 0.533. The number of aliphatic hydroxyl groups excluding tert-OH is 4. The molecule has 1 heterocycles. The predicted octanol–water partition coefficient (Wildman–Crippen LogP) is -1.71. The van der Waals surface area contributed by atoms with Crippen LogP contribution < -0.4 is 5.32 Å². The van der Waals surface area contributed by atoms with Crippen molar-refractivity contribution in [3.05, 3.63) is 35.9 Å². The summed E-state index contributed by atoms with van der Waals surface area (Å²) in [5.74, 6) is -0.859. The van der Waals surface area contributed by atoms with Crippen LogP contribution in [-0.2, 0) is 14.3 Å². The first-order valence-corrected chi connectivity index (χ1v) is 7.22. The number of benzene rings is 1. The van der Waals surface area contributed by atoms with Gasteiger partial charge >= 0.3 is 5.97 Å². The maximum Gasteiger partial charge on any atom is 0.338 e. The highest BCUT2D eigenvalue weighted by Crippen LogP contribution is 2.29. The Bertz CT molecular complexity index is 512. The lowest BCUT2D eigenvalue weighted by Crippen LogP contribution is -2.57. The normalized spacial score (nSPS) is 28.7. The molecule has 0 bridgehead atoms. The van der Waals surface area contributed by atoms with Crippen LogP contribution in [0.2, 0.25) is 0 Å². The maximum atomic E-state index is 12.1. The molecule has 23 heavy (non-hydrogen) atoms. The molecule has 0 saturated carbocycles. The van der Waals surface area contributed by atoms with Crippen LogP contribution in [0.15, 0.2) is 30.3 Å². The van der Waals surface area contributed by atoms with E-state index in [1.807, 2.05) is 6.07 Å². The van der Waals surface area contributed by atoms with Crippen molar-refractivity contribution in [2.24, 2.45) is 0 Å². The monoisotopic (exact) mass is 327 g/mol. The lowest BCUT2D eigenvalue weighted by molar-refractivity contribution is -0.230. The number of aliphatic hydroxyl groups is 4. The third-order valence-electron chi connectivity index (χ3n) is 3.70. The van der Waals surface area contributed by atoms with Crippen LogP contribution in [0.3, 0.4) is 0 Å². The second-order valence-corrected chi connectivity index (χ2v) is 5.27. The smallest absolute Gasteiger partial charge is 0.338 e. The van der Waals surface area contributed by atoms with Crippen molar-refractivity contribution in [3.63, 3.8) is 0 Å². The minimum atomic E-state index is -1.75. The molecule has 6 unspecified atom stereocenters. The fourth-order valence-corrected chi connectivity index (χ4v) is 2.38. The summed E-state index contributed by atoms with van der Waals surface area (Å²) < 4.78 is 10.8. The largest absolute Gasteiger partial charge is 0.451 e. The van der Waals surface area contributed by atoms with E-state index in [9.17, 15) is 20.1 Å². The van der Waals surface area contributed by atoms with E-state index < -0.39 is 49.3 Å². The van der Waals surface area contributed by atoms with Crippen molar-refractivity contribution in [1.29, 1.82) is 0 Å². The van der Waals surface area contributed by atoms with E-state index >= 15 is 0 Å². The first-order chi connectivity index (χ1) is 11.0. The highest BCUT2D eigenvalue weighted by molar-refractivity contribution is 5.76. The van der Waals surface area contributed by atoms with E-state index in [1.54, 1.807) is 31.3 Å². The number of hydrogen-bond donors (Lipinski definition) is 5. The molecule has 0 spiro atoms. The molecule has 8 nitrogen and oxygen atoms in total. The van der Waals surface area contributed by atoms with Gasteiger partial charge in [-0.1, -0.05) is 30.3 Å². The van der Waals surface area contributed by atoms with Crippen molar-refractivity contribution in [3.8, 4) is 0 Å². The Hall–Kier alpha value is -1.55. The van der Waals surface area contributed by atoms with Gasteiger partial charge in [0.15, 0.2) is 18.4 Å². The van der Waals surface area contributed by atoms with Crippen molar-refractivity contribution in [2.75, 3.05) is 13.7 Å². The van der Waals surface area contributed by atoms with Crippen LogP contribution in [-0.4, -0.2) is 70.7 Å². The standard InChI is InChI=1S/C15H21NO7/c1-16-14-12(8-5-3-2-4-6-8)23-15(21)13(22-14)11(20)10(19)9(18)7-17/h2-6,9-14,16-20H,7H2,1H3. The maximum absolute atomic E-state index is 12.1. The number of nitrogens with one attached hydrogen (secondary N) is 1. The second kappa shape index (κ2) is 7.82. The van der Waals surface area contributed by atoms with Crippen molar-refractivity contribution in [1.82, 2.24) is 5.32 Å². The number of cyclic esters (lactones) is 1.